The lowest BCUT2D eigenvalue weighted by molar-refractivity contribution is 0.446. The largest absolute Gasteiger partial charge is 0.508 e. The molecule has 0 bridgehead atoms. The molecular weight excluding hydrogens is 242 g/mol. The third-order valence-electron chi connectivity index (χ3n) is 3.02. The number of phenols is 2. The smallest absolute Gasteiger partial charge is 0.124 e. The molecule has 0 amide bonds. The van der Waals surface area contributed by atoms with Crippen LogP contribution >= 0.6 is 0 Å². The maximum absolute atomic E-state index is 9.72. The van der Waals surface area contributed by atoms with Crippen molar-refractivity contribution in [1.29, 1.82) is 0 Å². The van der Waals surface area contributed by atoms with Crippen LogP contribution in [0.25, 0.3) is 10.9 Å². The number of benzene rings is 2. The average molecular weight is 255 g/mol. The number of H-pyrrole nitrogens is 1. The van der Waals surface area contributed by atoms with Crippen molar-refractivity contribution in [2.24, 2.45) is 0 Å². The van der Waals surface area contributed by atoms with Crippen molar-refractivity contribution in [3.05, 3.63) is 48.2 Å². The first kappa shape index (κ1) is 11.4. The standard InChI is InChI=1S/C14H13N3O2/c18-10-5-4-9(14(19)6-10)7-15-12-2-1-3-13-11(12)8-16-17-13/h1-6,8,15,18-19H,7H2,(H,16,17). The minimum Gasteiger partial charge on any atom is -0.508 e. The van der Waals surface area contributed by atoms with E-state index in [-0.39, 0.29) is 11.5 Å². The number of rotatable bonds is 3. The van der Waals surface area contributed by atoms with E-state index < -0.39 is 0 Å². The summed E-state index contributed by atoms with van der Waals surface area (Å²) >= 11 is 0. The van der Waals surface area contributed by atoms with Gasteiger partial charge in [-0.05, 0) is 24.3 Å². The van der Waals surface area contributed by atoms with Crippen LogP contribution in [0.2, 0.25) is 0 Å². The van der Waals surface area contributed by atoms with E-state index in [0.717, 1.165) is 22.2 Å². The number of nitrogens with zero attached hydrogens (tertiary/aromatic N) is 1. The van der Waals surface area contributed by atoms with Gasteiger partial charge in [0.25, 0.3) is 0 Å². The molecule has 3 rings (SSSR count). The van der Waals surface area contributed by atoms with Gasteiger partial charge in [0, 0.05) is 29.2 Å². The maximum atomic E-state index is 9.72. The van der Waals surface area contributed by atoms with Crippen molar-refractivity contribution in [3.63, 3.8) is 0 Å². The maximum Gasteiger partial charge on any atom is 0.124 e. The predicted molar refractivity (Wildman–Crippen MR) is 73.2 cm³/mol. The normalized spacial score (nSPS) is 10.7. The Morgan fingerprint density at radius 3 is 2.89 bits per heavy atom. The fraction of sp³-hybridized carbons (Fsp3) is 0.0714. The number of hydrogen-bond donors (Lipinski definition) is 4. The van der Waals surface area contributed by atoms with Gasteiger partial charge < -0.3 is 15.5 Å². The molecule has 0 aliphatic rings. The molecule has 0 fully saturated rings. The fourth-order valence-corrected chi connectivity index (χ4v) is 2.01. The van der Waals surface area contributed by atoms with E-state index in [1.165, 1.54) is 6.07 Å². The Morgan fingerprint density at radius 1 is 1.16 bits per heavy atom. The van der Waals surface area contributed by atoms with Crippen molar-refractivity contribution < 1.29 is 10.2 Å². The molecule has 3 aromatic rings. The van der Waals surface area contributed by atoms with Crippen LogP contribution in [0, 0.1) is 0 Å². The van der Waals surface area contributed by atoms with Crippen molar-refractivity contribution in [2.75, 3.05) is 5.32 Å². The van der Waals surface area contributed by atoms with Crippen molar-refractivity contribution in [3.8, 4) is 11.5 Å². The van der Waals surface area contributed by atoms with E-state index in [1.54, 1.807) is 18.3 Å². The van der Waals surface area contributed by atoms with Crippen LogP contribution in [0.4, 0.5) is 5.69 Å². The second-order valence-corrected chi connectivity index (χ2v) is 4.30. The van der Waals surface area contributed by atoms with Crippen LogP contribution in [0.1, 0.15) is 5.56 Å². The van der Waals surface area contributed by atoms with Crippen LogP contribution < -0.4 is 5.32 Å². The summed E-state index contributed by atoms with van der Waals surface area (Å²) in [6, 6.07) is 10.4. The van der Waals surface area contributed by atoms with Gasteiger partial charge in [-0.15, -0.1) is 0 Å². The molecule has 0 saturated carbocycles. The van der Waals surface area contributed by atoms with Gasteiger partial charge in [0.05, 0.1) is 11.7 Å². The summed E-state index contributed by atoms with van der Waals surface area (Å²) in [5, 5.41) is 30.1. The summed E-state index contributed by atoms with van der Waals surface area (Å²) in [5.74, 6) is 0.130. The second-order valence-electron chi connectivity index (χ2n) is 4.30. The first-order valence-corrected chi connectivity index (χ1v) is 5.91. The molecule has 1 aromatic heterocycles. The molecular formula is C14H13N3O2. The Labute approximate surface area is 109 Å². The average Bonchev–Trinajstić information content (AvgIpc) is 2.86. The topological polar surface area (TPSA) is 81.2 Å². The van der Waals surface area contributed by atoms with E-state index in [0.29, 0.717) is 6.54 Å². The summed E-state index contributed by atoms with van der Waals surface area (Å²) in [6.07, 6.45) is 1.76. The van der Waals surface area contributed by atoms with Gasteiger partial charge in [0.15, 0.2) is 0 Å². The minimum atomic E-state index is 0.0539. The highest BCUT2D eigenvalue weighted by Gasteiger charge is 2.05. The Morgan fingerprint density at radius 2 is 2.05 bits per heavy atom. The van der Waals surface area contributed by atoms with Crippen LogP contribution in [0.5, 0.6) is 11.5 Å². The number of aromatic nitrogens is 2. The highest BCUT2D eigenvalue weighted by molar-refractivity contribution is 5.90. The summed E-state index contributed by atoms with van der Waals surface area (Å²) < 4.78 is 0. The highest BCUT2D eigenvalue weighted by atomic mass is 16.3. The summed E-state index contributed by atoms with van der Waals surface area (Å²) in [4.78, 5) is 0. The number of phenolic OH excluding ortho intramolecular Hbond substituents is 2. The Balaban J connectivity index is 1.84. The molecule has 1 heterocycles. The van der Waals surface area contributed by atoms with Gasteiger partial charge in [-0.2, -0.15) is 5.10 Å². The van der Waals surface area contributed by atoms with Gasteiger partial charge in [-0.3, -0.25) is 5.10 Å². The van der Waals surface area contributed by atoms with Crippen molar-refractivity contribution >= 4 is 16.6 Å². The van der Waals surface area contributed by atoms with Crippen LogP contribution in [-0.4, -0.2) is 20.4 Å². The van der Waals surface area contributed by atoms with E-state index in [1.807, 2.05) is 18.2 Å². The van der Waals surface area contributed by atoms with Gasteiger partial charge >= 0.3 is 0 Å². The minimum absolute atomic E-state index is 0.0539. The predicted octanol–water partition coefficient (Wildman–Crippen LogP) is 2.59. The fourth-order valence-electron chi connectivity index (χ4n) is 2.01. The number of aromatic hydroxyl groups is 2. The lowest BCUT2D eigenvalue weighted by Crippen LogP contribution is -1.99. The molecule has 0 aliphatic carbocycles. The Kier molecular flexibility index (Phi) is 2.72. The molecule has 5 heteroatoms. The number of aromatic amines is 1. The molecule has 0 atom stereocenters. The molecule has 0 spiro atoms. The van der Waals surface area contributed by atoms with E-state index in [4.69, 9.17) is 0 Å². The van der Waals surface area contributed by atoms with E-state index in [2.05, 4.69) is 15.5 Å². The zero-order valence-electron chi connectivity index (χ0n) is 10.1. The lowest BCUT2D eigenvalue weighted by atomic mass is 10.1. The number of anilines is 1. The monoisotopic (exact) mass is 255 g/mol. The first-order chi connectivity index (χ1) is 9.24. The second kappa shape index (κ2) is 4.53. The first-order valence-electron chi connectivity index (χ1n) is 5.91. The van der Waals surface area contributed by atoms with Gasteiger partial charge in [-0.25, -0.2) is 0 Å². The summed E-state index contributed by atoms with van der Waals surface area (Å²) in [7, 11) is 0. The van der Waals surface area contributed by atoms with Gasteiger partial charge in [-0.1, -0.05) is 6.07 Å². The molecule has 5 nitrogen and oxygen atoms in total. The lowest BCUT2D eigenvalue weighted by Gasteiger charge is -2.09. The summed E-state index contributed by atoms with van der Waals surface area (Å²) in [6.45, 7) is 0.469. The molecule has 4 N–H and O–H groups in total. The third kappa shape index (κ3) is 2.18. The zero-order valence-corrected chi connectivity index (χ0v) is 10.1. The van der Waals surface area contributed by atoms with E-state index >= 15 is 0 Å². The van der Waals surface area contributed by atoms with Crippen molar-refractivity contribution in [2.45, 2.75) is 6.54 Å². The zero-order chi connectivity index (χ0) is 13.2. The van der Waals surface area contributed by atoms with Crippen LogP contribution in [-0.2, 0) is 6.54 Å². The number of nitrogens with one attached hydrogen (secondary N) is 2. The Hall–Kier alpha value is -2.69. The molecule has 96 valence electrons. The third-order valence-corrected chi connectivity index (χ3v) is 3.02. The molecule has 0 radical (unpaired) electrons. The van der Waals surface area contributed by atoms with E-state index in [9.17, 15) is 10.2 Å². The summed E-state index contributed by atoms with van der Waals surface area (Å²) in [5.41, 5.74) is 2.62. The molecule has 0 saturated heterocycles. The number of fused-ring (bicyclic) bond motifs is 1. The SMILES string of the molecule is Oc1ccc(CNc2cccc3[nH]ncc23)c(O)c1. The van der Waals surface area contributed by atoms with Crippen LogP contribution in [0.3, 0.4) is 0 Å². The number of hydrogen-bond acceptors (Lipinski definition) is 4. The molecule has 2 aromatic carbocycles. The van der Waals surface area contributed by atoms with Gasteiger partial charge in [0.2, 0.25) is 0 Å². The molecule has 19 heavy (non-hydrogen) atoms. The van der Waals surface area contributed by atoms with Gasteiger partial charge in [0.1, 0.15) is 11.5 Å². The molecule has 0 unspecified atom stereocenters. The quantitative estimate of drug-likeness (QED) is 0.580. The Bertz CT molecular complexity index is 722. The van der Waals surface area contributed by atoms with Crippen molar-refractivity contribution in [1.82, 2.24) is 10.2 Å². The van der Waals surface area contributed by atoms with Crippen LogP contribution in [0.15, 0.2) is 42.6 Å². The highest BCUT2D eigenvalue weighted by Crippen LogP contribution is 2.25. The molecule has 0 aliphatic heterocycles.